The Morgan fingerprint density at radius 3 is 2.62 bits per heavy atom. The van der Waals surface area contributed by atoms with E-state index in [0.29, 0.717) is 35.1 Å². The van der Waals surface area contributed by atoms with Crippen molar-refractivity contribution < 1.29 is 9.13 Å². The lowest BCUT2D eigenvalue weighted by Crippen LogP contribution is -2.33. The molecule has 2 aromatic heterocycles. The molecule has 1 fully saturated rings. The van der Waals surface area contributed by atoms with E-state index < -0.39 is 0 Å². The van der Waals surface area contributed by atoms with Crippen LogP contribution < -0.4 is 10.1 Å². The molecule has 0 amide bonds. The van der Waals surface area contributed by atoms with Crippen LogP contribution in [-0.2, 0) is 0 Å². The fraction of sp³-hybridized carbons (Fsp3) is 0.296. The fourth-order valence-electron chi connectivity index (χ4n) is 4.44. The first kappa shape index (κ1) is 22.2. The lowest BCUT2D eigenvalue weighted by atomic mass is 10.0. The van der Waals surface area contributed by atoms with Gasteiger partial charge in [0, 0.05) is 42.5 Å². The lowest BCUT2D eigenvalue weighted by Gasteiger charge is -2.26. The van der Waals surface area contributed by atoms with Crippen molar-refractivity contribution in [3.8, 4) is 28.3 Å². The van der Waals surface area contributed by atoms with Gasteiger partial charge in [-0.1, -0.05) is 24.6 Å². The number of benzene rings is 2. The maximum absolute atomic E-state index is 14.7. The molecular formula is C27H28FN5O. The molecule has 4 aromatic rings. The number of aromatic nitrogens is 3. The summed E-state index contributed by atoms with van der Waals surface area (Å²) in [4.78, 5) is 16.2. The molecule has 3 heterocycles. The molecule has 34 heavy (non-hydrogen) atoms. The van der Waals surface area contributed by atoms with E-state index in [1.165, 1.54) is 25.3 Å². The van der Waals surface area contributed by atoms with Crippen molar-refractivity contribution in [2.24, 2.45) is 0 Å². The van der Waals surface area contributed by atoms with Gasteiger partial charge in [-0.15, -0.1) is 0 Å². The summed E-state index contributed by atoms with van der Waals surface area (Å²) in [5.74, 6) is 1.56. The second kappa shape index (κ2) is 10.1. The predicted molar refractivity (Wildman–Crippen MR) is 133 cm³/mol. The Labute approximate surface area is 198 Å². The number of rotatable bonds is 7. The third kappa shape index (κ3) is 4.70. The largest absolute Gasteiger partial charge is 0.490 e. The molecule has 1 aliphatic heterocycles. The molecule has 0 saturated carbocycles. The topological polar surface area (TPSA) is 63.2 Å². The van der Waals surface area contributed by atoms with Crippen molar-refractivity contribution in [2.75, 3.05) is 38.6 Å². The lowest BCUT2D eigenvalue weighted by molar-refractivity contribution is 0.184. The summed E-state index contributed by atoms with van der Waals surface area (Å²) in [6.45, 7) is 3.61. The van der Waals surface area contributed by atoms with Crippen molar-refractivity contribution in [3.63, 3.8) is 0 Å². The fourth-order valence-corrected chi connectivity index (χ4v) is 4.44. The molecule has 174 valence electrons. The Bertz CT molecular complexity index is 1280. The highest BCUT2D eigenvalue weighted by atomic mass is 19.1. The number of likely N-dealkylation sites (tertiary alicyclic amines) is 1. The minimum atomic E-state index is -0.278. The molecule has 5 rings (SSSR count). The average molecular weight is 458 g/mol. The van der Waals surface area contributed by atoms with Gasteiger partial charge in [0.1, 0.15) is 29.5 Å². The molecule has 1 saturated heterocycles. The molecule has 6 nitrogen and oxygen atoms in total. The van der Waals surface area contributed by atoms with Crippen molar-refractivity contribution >= 4 is 16.7 Å². The quantitative estimate of drug-likeness (QED) is 0.401. The monoisotopic (exact) mass is 457 g/mol. The molecular weight excluding hydrogens is 429 g/mol. The number of hydrogen-bond acceptors (Lipinski definition) is 6. The number of ether oxygens (including phenoxy) is 1. The van der Waals surface area contributed by atoms with Gasteiger partial charge in [-0.05, 0) is 61.8 Å². The molecule has 0 aliphatic carbocycles. The summed E-state index contributed by atoms with van der Waals surface area (Å²) >= 11 is 0. The Balaban J connectivity index is 1.59. The van der Waals surface area contributed by atoms with E-state index in [4.69, 9.17) is 14.7 Å². The zero-order valence-corrected chi connectivity index (χ0v) is 19.3. The Morgan fingerprint density at radius 2 is 1.85 bits per heavy atom. The van der Waals surface area contributed by atoms with Gasteiger partial charge in [-0.25, -0.2) is 14.4 Å². The van der Waals surface area contributed by atoms with Gasteiger partial charge >= 0.3 is 0 Å². The van der Waals surface area contributed by atoms with Gasteiger partial charge in [-0.3, -0.25) is 9.88 Å². The second-order valence-corrected chi connectivity index (χ2v) is 8.49. The molecule has 1 N–H and O–H groups in total. The van der Waals surface area contributed by atoms with E-state index in [9.17, 15) is 4.39 Å². The first-order chi connectivity index (χ1) is 16.7. The number of fused-ring (bicyclic) bond motifs is 1. The van der Waals surface area contributed by atoms with Gasteiger partial charge in [0.05, 0.1) is 0 Å². The van der Waals surface area contributed by atoms with Crippen molar-refractivity contribution in [1.82, 2.24) is 19.9 Å². The molecule has 1 aliphatic rings. The van der Waals surface area contributed by atoms with Crippen LogP contribution in [0.1, 0.15) is 19.3 Å². The number of hydrogen-bond donors (Lipinski definition) is 1. The minimum Gasteiger partial charge on any atom is -0.490 e. The Hall–Kier alpha value is -3.58. The van der Waals surface area contributed by atoms with Crippen LogP contribution in [0.15, 0.2) is 60.9 Å². The highest BCUT2D eigenvalue weighted by Gasteiger charge is 2.17. The summed E-state index contributed by atoms with van der Waals surface area (Å²) in [7, 11) is 1.82. The van der Waals surface area contributed by atoms with Gasteiger partial charge in [0.15, 0.2) is 5.82 Å². The number of anilines is 1. The first-order valence-corrected chi connectivity index (χ1v) is 11.8. The van der Waals surface area contributed by atoms with Crippen LogP contribution in [0.2, 0.25) is 0 Å². The standard InChI is InChI=1S/C27H28FN5O/c1-29-27-22-16-20(21-9-3-4-10-23(21)28)17-24(34-15-14-33-12-5-2-6-13-33)25(22)31-26(32-27)19-8-7-11-30-18-19/h3-4,7-11,16-18H,2,5-6,12-15H2,1H3,(H,29,31,32). The number of piperidine rings is 1. The summed E-state index contributed by atoms with van der Waals surface area (Å²) in [5.41, 5.74) is 2.76. The molecule has 0 atom stereocenters. The maximum atomic E-state index is 14.7. The van der Waals surface area contributed by atoms with E-state index >= 15 is 0 Å². The van der Waals surface area contributed by atoms with Gasteiger partial charge in [0.2, 0.25) is 0 Å². The molecule has 0 unspecified atom stereocenters. The summed E-state index contributed by atoms with van der Waals surface area (Å²) in [6.07, 6.45) is 7.23. The van der Waals surface area contributed by atoms with Crippen LogP contribution in [0.3, 0.4) is 0 Å². The van der Waals surface area contributed by atoms with Crippen LogP contribution in [0.5, 0.6) is 5.75 Å². The average Bonchev–Trinajstić information content (AvgIpc) is 2.89. The Morgan fingerprint density at radius 1 is 1.00 bits per heavy atom. The summed E-state index contributed by atoms with van der Waals surface area (Å²) < 4.78 is 21.0. The van der Waals surface area contributed by atoms with E-state index in [1.54, 1.807) is 24.5 Å². The maximum Gasteiger partial charge on any atom is 0.163 e. The predicted octanol–water partition coefficient (Wildman–Crippen LogP) is 5.40. The third-order valence-electron chi connectivity index (χ3n) is 6.22. The van der Waals surface area contributed by atoms with E-state index in [2.05, 4.69) is 15.2 Å². The molecule has 0 radical (unpaired) electrons. The van der Waals surface area contributed by atoms with Gasteiger partial charge < -0.3 is 10.1 Å². The number of nitrogens with one attached hydrogen (secondary N) is 1. The van der Waals surface area contributed by atoms with Gasteiger partial charge in [0.25, 0.3) is 0 Å². The van der Waals surface area contributed by atoms with Crippen LogP contribution in [0.25, 0.3) is 33.4 Å². The molecule has 2 aromatic carbocycles. The smallest absolute Gasteiger partial charge is 0.163 e. The first-order valence-electron chi connectivity index (χ1n) is 11.8. The second-order valence-electron chi connectivity index (χ2n) is 8.49. The third-order valence-corrected chi connectivity index (χ3v) is 6.22. The number of halogens is 1. The normalized spacial score (nSPS) is 14.3. The van der Waals surface area contributed by atoms with Crippen molar-refractivity contribution in [1.29, 1.82) is 0 Å². The minimum absolute atomic E-state index is 0.278. The van der Waals surface area contributed by atoms with Crippen LogP contribution in [0.4, 0.5) is 10.2 Å². The summed E-state index contributed by atoms with van der Waals surface area (Å²) in [6, 6.07) is 14.4. The molecule has 7 heteroatoms. The van der Waals surface area contributed by atoms with Crippen LogP contribution >= 0.6 is 0 Å². The molecule has 0 spiro atoms. The zero-order valence-electron chi connectivity index (χ0n) is 19.3. The van der Waals surface area contributed by atoms with E-state index in [1.807, 2.05) is 37.4 Å². The van der Waals surface area contributed by atoms with Gasteiger partial charge in [-0.2, -0.15) is 0 Å². The van der Waals surface area contributed by atoms with E-state index in [-0.39, 0.29) is 5.82 Å². The highest BCUT2D eigenvalue weighted by molar-refractivity contribution is 5.97. The van der Waals surface area contributed by atoms with E-state index in [0.717, 1.165) is 36.1 Å². The highest BCUT2D eigenvalue weighted by Crippen LogP contribution is 2.36. The Kier molecular flexibility index (Phi) is 6.62. The number of nitrogens with zero attached hydrogens (tertiary/aromatic N) is 4. The van der Waals surface area contributed by atoms with Crippen molar-refractivity contribution in [3.05, 3.63) is 66.7 Å². The molecule has 0 bridgehead atoms. The van der Waals surface area contributed by atoms with Crippen LogP contribution in [-0.4, -0.2) is 53.1 Å². The SMILES string of the molecule is CNc1nc(-c2cccnc2)nc2c(OCCN3CCCCC3)cc(-c3ccccc3F)cc12. The zero-order chi connectivity index (χ0) is 23.3. The number of pyridine rings is 1. The van der Waals surface area contributed by atoms with Crippen LogP contribution in [0, 0.1) is 5.82 Å². The summed E-state index contributed by atoms with van der Waals surface area (Å²) in [5, 5.41) is 3.96. The van der Waals surface area contributed by atoms with Crippen molar-refractivity contribution in [2.45, 2.75) is 19.3 Å².